The van der Waals surface area contributed by atoms with Gasteiger partial charge in [0.15, 0.2) is 0 Å². The van der Waals surface area contributed by atoms with Crippen LogP contribution in [0.5, 0.6) is 5.19 Å². The summed E-state index contributed by atoms with van der Waals surface area (Å²) in [5, 5.41) is 16.3. The molecule has 7 heteroatoms. The minimum Gasteiger partial charge on any atom is -0.467 e. The van der Waals surface area contributed by atoms with Crippen LogP contribution < -0.4 is 15.4 Å². The normalized spacial score (nSPS) is 13.8. The van der Waals surface area contributed by atoms with Gasteiger partial charge in [-0.3, -0.25) is 4.79 Å². The number of rotatable bonds is 12. The molecule has 0 saturated carbocycles. The van der Waals surface area contributed by atoms with Crippen LogP contribution in [-0.2, 0) is 0 Å². The Balaban J connectivity index is 2.30. The molecule has 0 aliphatic heterocycles. The summed E-state index contributed by atoms with van der Waals surface area (Å²) >= 11 is 1.20. The van der Waals surface area contributed by atoms with Gasteiger partial charge in [-0.15, -0.1) is 0 Å². The molecule has 0 aromatic carbocycles. The second-order valence-electron chi connectivity index (χ2n) is 6.46. The van der Waals surface area contributed by atoms with E-state index in [0.717, 1.165) is 6.42 Å². The smallest absolute Gasteiger partial charge is 0.273 e. The van der Waals surface area contributed by atoms with Gasteiger partial charge in [-0.1, -0.05) is 51.9 Å². The molecule has 2 atom stereocenters. The summed E-state index contributed by atoms with van der Waals surface area (Å²) in [4.78, 5) is 16.7. The molecule has 1 heterocycles. The van der Waals surface area contributed by atoms with Gasteiger partial charge in [-0.2, -0.15) is 0 Å². The van der Waals surface area contributed by atoms with Crippen molar-refractivity contribution in [2.24, 2.45) is 5.92 Å². The van der Waals surface area contributed by atoms with Crippen LogP contribution in [0.1, 0.15) is 56.6 Å². The van der Waals surface area contributed by atoms with Crippen LogP contribution in [0.4, 0.5) is 0 Å². The number of ether oxygens (including phenoxy) is 1. The summed E-state index contributed by atoms with van der Waals surface area (Å²) in [5.41, 5.74) is 0. The monoisotopic (exact) mass is 357 g/mol. The molecule has 2 unspecified atom stereocenters. The number of amides is 1. The highest BCUT2D eigenvalue weighted by Crippen LogP contribution is 2.20. The maximum Gasteiger partial charge on any atom is 0.273 e. The Bertz CT molecular complexity index is 479. The number of carbonyl (C=O) groups excluding carboxylic acids is 1. The van der Waals surface area contributed by atoms with E-state index in [4.69, 9.17) is 4.74 Å². The largest absolute Gasteiger partial charge is 0.467 e. The standard InChI is InChI=1S/C17H31N3O3S/c1-5-6-13(4)7-8-18-16(22)15-10-20-17(24-15)23-11-14(21)9-19-12(2)3/h10,12-14,19,21H,5-9,11H2,1-4H3,(H,18,22). The van der Waals surface area contributed by atoms with Crippen molar-refractivity contribution < 1.29 is 14.6 Å². The lowest BCUT2D eigenvalue weighted by Gasteiger charge is -2.13. The van der Waals surface area contributed by atoms with Gasteiger partial charge in [-0.25, -0.2) is 4.98 Å². The number of aromatic nitrogens is 1. The maximum absolute atomic E-state index is 12.1. The van der Waals surface area contributed by atoms with Crippen molar-refractivity contribution in [3.63, 3.8) is 0 Å². The van der Waals surface area contributed by atoms with Gasteiger partial charge in [0.25, 0.3) is 11.1 Å². The van der Waals surface area contributed by atoms with Crippen LogP contribution in [0, 0.1) is 5.92 Å². The average Bonchev–Trinajstić information content (AvgIpc) is 3.00. The van der Waals surface area contributed by atoms with E-state index in [1.54, 1.807) is 0 Å². The van der Waals surface area contributed by atoms with Gasteiger partial charge in [0.05, 0.1) is 6.20 Å². The fourth-order valence-corrected chi connectivity index (χ4v) is 2.88. The summed E-state index contributed by atoms with van der Waals surface area (Å²) in [6, 6.07) is 0.315. The van der Waals surface area contributed by atoms with Crippen molar-refractivity contribution in [2.45, 2.75) is 59.1 Å². The van der Waals surface area contributed by atoms with Crippen LogP contribution in [-0.4, -0.2) is 47.8 Å². The first-order chi connectivity index (χ1) is 11.4. The first kappa shape index (κ1) is 20.9. The highest BCUT2D eigenvalue weighted by molar-refractivity contribution is 7.15. The van der Waals surface area contributed by atoms with Gasteiger partial charge in [0.1, 0.15) is 17.6 Å². The Kier molecular flexibility index (Phi) is 9.90. The Hall–Kier alpha value is -1.18. The molecule has 3 N–H and O–H groups in total. The van der Waals surface area contributed by atoms with Gasteiger partial charge >= 0.3 is 0 Å². The molecule has 1 amide bonds. The Morgan fingerprint density at radius 2 is 2.12 bits per heavy atom. The summed E-state index contributed by atoms with van der Waals surface area (Å²) in [5.74, 6) is 0.504. The molecule has 6 nitrogen and oxygen atoms in total. The third-order valence-electron chi connectivity index (χ3n) is 3.57. The Labute approximate surface area is 149 Å². The van der Waals surface area contributed by atoms with E-state index in [2.05, 4.69) is 29.5 Å². The molecular formula is C17H31N3O3S. The fourth-order valence-electron chi connectivity index (χ4n) is 2.18. The van der Waals surface area contributed by atoms with Crippen LogP contribution in [0.2, 0.25) is 0 Å². The quantitative estimate of drug-likeness (QED) is 0.535. The minimum atomic E-state index is -0.603. The van der Waals surface area contributed by atoms with Crippen molar-refractivity contribution in [3.8, 4) is 5.19 Å². The Morgan fingerprint density at radius 1 is 1.38 bits per heavy atom. The molecular weight excluding hydrogens is 326 g/mol. The molecule has 24 heavy (non-hydrogen) atoms. The van der Waals surface area contributed by atoms with Crippen LogP contribution >= 0.6 is 11.3 Å². The van der Waals surface area contributed by atoms with Crippen molar-refractivity contribution in [1.82, 2.24) is 15.6 Å². The molecule has 0 spiro atoms. The molecule has 138 valence electrons. The van der Waals surface area contributed by atoms with Crippen molar-refractivity contribution in [2.75, 3.05) is 19.7 Å². The summed E-state index contributed by atoms with van der Waals surface area (Å²) < 4.78 is 5.44. The number of carbonyl (C=O) groups is 1. The van der Waals surface area contributed by atoms with Crippen LogP contribution in [0.3, 0.4) is 0 Å². The number of nitrogens with zero attached hydrogens (tertiary/aromatic N) is 1. The number of nitrogens with one attached hydrogen (secondary N) is 2. The molecule has 0 aliphatic rings. The number of hydrogen-bond acceptors (Lipinski definition) is 6. The number of aliphatic hydroxyl groups is 1. The molecule has 1 aromatic rings. The SMILES string of the molecule is CCCC(C)CCNC(=O)c1cnc(OCC(O)CNC(C)C)s1. The predicted octanol–water partition coefficient (Wildman–Crippen LogP) is 2.44. The van der Waals surface area contributed by atoms with Gasteiger partial charge in [-0.05, 0) is 12.3 Å². The maximum atomic E-state index is 12.1. The topological polar surface area (TPSA) is 83.5 Å². The third kappa shape index (κ3) is 8.61. The summed E-state index contributed by atoms with van der Waals surface area (Å²) in [6.45, 7) is 9.70. The van der Waals surface area contributed by atoms with Crippen molar-refractivity contribution >= 4 is 17.2 Å². The third-order valence-corrected chi connectivity index (χ3v) is 4.48. The number of hydrogen-bond donors (Lipinski definition) is 3. The van der Waals surface area contributed by atoms with E-state index in [1.807, 2.05) is 13.8 Å². The summed E-state index contributed by atoms with van der Waals surface area (Å²) in [6.07, 6.45) is 4.25. The fraction of sp³-hybridized carbons (Fsp3) is 0.765. The zero-order valence-electron chi connectivity index (χ0n) is 15.2. The predicted molar refractivity (Wildman–Crippen MR) is 97.8 cm³/mol. The lowest BCUT2D eigenvalue weighted by molar-refractivity contribution is 0.0955. The molecule has 0 aliphatic carbocycles. The van der Waals surface area contributed by atoms with Crippen LogP contribution in [0.25, 0.3) is 0 Å². The van der Waals surface area contributed by atoms with E-state index in [9.17, 15) is 9.90 Å². The van der Waals surface area contributed by atoms with Gasteiger partial charge in [0.2, 0.25) is 0 Å². The van der Waals surface area contributed by atoms with E-state index in [-0.39, 0.29) is 12.5 Å². The zero-order chi connectivity index (χ0) is 17.9. The van der Waals surface area contributed by atoms with Crippen molar-refractivity contribution in [3.05, 3.63) is 11.1 Å². The molecule has 0 radical (unpaired) electrons. The molecule has 0 fully saturated rings. The van der Waals surface area contributed by atoms with Crippen LogP contribution in [0.15, 0.2) is 6.20 Å². The van der Waals surface area contributed by atoms with E-state index in [1.165, 1.54) is 30.4 Å². The molecule has 1 rings (SSSR count). The van der Waals surface area contributed by atoms with E-state index in [0.29, 0.717) is 35.1 Å². The second kappa shape index (κ2) is 11.4. The van der Waals surface area contributed by atoms with Gasteiger partial charge < -0.3 is 20.5 Å². The van der Waals surface area contributed by atoms with E-state index >= 15 is 0 Å². The Morgan fingerprint density at radius 3 is 2.79 bits per heavy atom. The molecule has 1 aromatic heterocycles. The molecule has 0 saturated heterocycles. The minimum absolute atomic E-state index is 0.118. The first-order valence-electron chi connectivity index (χ1n) is 8.70. The van der Waals surface area contributed by atoms with E-state index < -0.39 is 6.10 Å². The summed E-state index contributed by atoms with van der Waals surface area (Å²) in [7, 11) is 0. The van der Waals surface area contributed by atoms with Crippen molar-refractivity contribution in [1.29, 1.82) is 0 Å². The zero-order valence-corrected chi connectivity index (χ0v) is 16.0. The highest BCUT2D eigenvalue weighted by Gasteiger charge is 2.13. The number of aliphatic hydroxyl groups excluding tert-OH is 1. The number of thiazole rings is 1. The lowest BCUT2D eigenvalue weighted by atomic mass is 10.0. The van der Waals surface area contributed by atoms with Gasteiger partial charge in [0, 0.05) is 19.1 Å². The second-order valence-corrected chi connectivity index (χ2v) is 7.45. The lowest BCUT2D eigenvalue weighted by Crippen LogP contribution is -2.35. The first-order valence-corrected chi connectivity index (χ1v) is 9.52. The average molecular weight is 358 g/mol. The highest BCUT2D eigenvalue weighted by atomic mass is 32.1. The molecule has 0 bridgehead atoms.